The van der Waals surface area contributed by atoms with Crippen LogP contribution in [0.25, 0.3) is 0 Å². The molecule has 1 aromatic rings. The van der Waals surface area contributed by atoms with Crippen LogP contribution in [0.4, 0.5) is 13.2 Å². The van der Waals surface area contributed by atoms with Gasteiger partial charge in [-0.25, -0.2) is 0 Å². The molecule has 1 unspecified atom stereocenters. The fourth-order valence-electron chi connectivity index (χ4n) is 1.31. The highest BCUT2D eigenvalue weighted by Crippen LogP contribution is 2.28. The summed E-state index contributed by atoms with van der Waals surface area (Å²) in [6, 6.07) is 6.32. The number of carbonyl (C=O) groups is 1. The van der Waals surface area contributed by atoms with Gasteiger partial charge in [0.25, 0.3) is 0 Å². The Morgan fingerprint density at radius 2 is 1.79 bits per heavy atom. The van der Waals surface area contributed by atoms with Crippen molar-refractivity contribution in [1.82, 2.24) is 5.32 Å². The number of hydrogen-bond donors (Lipinski definition) is 2. The van der Waals surface area contributed by atoms with E-state index in [1.165, 1.54) is 0 Å². The minimum Gasteiger partial charge on any atom is -0.348 e. The lowest BCUT2D eigenvalue weighted by atomic mass is 10.0. The fourth-order valence-corrected chi connectivity index (χ4v) is 1.57. The maximum atomic E-state index is 12.6. The van der Waals surface area contributed by atoms with Crippen molar-refractivity contribution in [1.29, 1.82) is 0 Å². The molecule has 1 amide bonds. The van der Waals surface area contributed by atoms with Gasteiger partial charge in [-0.2, -0.15) is 13.2 Å². The van der Waals surface area contributed by atoms with Gasteiger partial charge in [0.05, 0.1) is 6.04 Å². The van der Waals surface area contributed by atoms with Crippen LogP contribution in [0.2, 0.25) is 0 Å². The Labute approximate surface area is 117 Å². The number of halogens is 4. The fraction of sp³-hybridized carbons (Fsp3) is 0.417. The third-order valence-corrected chi connectivity index (χ3v) is 3.31. The Hall–Kier alpha value is -1.08. The number of nitrogens with two attached hydrogens (primary N) is 1. The number of carbonyl (C=O) groups excluding carboxylic acids is 1. The largest absolute Gasteiger partial charge is 0.415 e. The highest BCUT2D eigenvalue weighted by Gasteiger charge is 2.54. The van der Waals surface area contributed by atoms with Gasteiger partial charge in [0, 0.05) is 4.47 Å². The first-order valence-electron chi connectivity index (χ1n) is 5.47. The molecule has 1 rings (SSSR count). The average molecular weight is 339 g/mol. The van der Waals surface area contributed by atoms with Crippen molar-refractivity contribution < 1.29 is 18.0 Å². The molecule has 3 nitrogen and oxygen atoms in total. The van der Waals surface area contributed by atoms with E-state index in [9.17, 15) is 18.0 Å². The van der Waals surface area contributed by atoms with E-state index in [-0.39, 0.29) is 0 Å². The Morgan fingerprint density at radius 3 is 2.21 bits per heavy atom. The molecule has 0 fully saturated rings. The first kappa shape index (κ1) is 16.0. The standard InChI is InChI=1S/C12H14BrF3N2O/c1-7(8-3-5-9(13)6-4-8)18-10(19)11(2,17)12(14,15)16/h3-7H,17H2,1-2H3,(H,18,19)/t7-,11?/m0/s1. The second kappa shape index (κ2) is 5.50. The van der Waals surface area contributed by atoms with Gasteiger partial charge in [0.1, 0.15) is 0 Å². The first-order valence-corrected chi connectivity index (χ1v) is 6.27. The van der Waals surface area contributed by atoms with E-state index < -0.39 is 23.7 Å². The molecule has 0 saturated heterocycles. The summed E-state index contributed by atoms with van der Waals surface area (Å²) in [7, 11) is 0. The van der Waals surface area contributed by atoms with Gasteiger partial charge in [-0.15, -0.1) is 0 Å². The van der Waals surface area contributed by atoms with E-state index in [0.717, 1.165) is 4.47 Å². The van der Waals surface area contributed by atoms with Crippen LogP contribution in [0, 0.1) is 0 Å². The molecule has 3 N–H and O–H groups in total. The van der Waals surface area contributed by atoms with Crippen LogP contribution in [0.1, 0.15) is 25.5 Å². The summed E-state index contributed by atoms with van der Waals surface area (Å²) in [5, 5.41) is 2.26. The summed E-state index contributed by atoms with van der Waals surface area (Å²) in [6.45, 7) is 2.24. The quantitative estimate of drug-likeness (QED) is 0.890. The van der Waals surface area contributed by atoms with E-state index in [0.29, 0.717) is 12.5 Å². The van der Waals surface area contributed by atoms with Crippen molar-refractivity contribution in [2.24, 2.45) is 5.73 Å². The van der Waals surface area contributed by atoms with Crippen LogP contribution in [0.3, 0.4) is 0 Å². The molecule has 0 aliphatic heterocycles. The van der Waals surface area contributed by atoms with Crippen molar-refractivity contribution in [2.75, 3.05) is 0 Å². The van der Waals surface area contributed by atoms with Crippen molar-refractivity contribution in [2.45, 2.75) is 31.6 Å². The number of nitrogens with one attached hydrogen (secondary N) is 1. The van der Waals surface area contributed by atoms with Crippen LogP contribution in [0.15, 0.2) is 28.7 Å². The summed E-state index contributed by atoms with van der Waals surface area (Å²) in [5.41, 5.74) is 2.83. The molecule has 106 valence electrons. The van der Waals surface area contributed by atoms with Crippen molar-refractivity contribution in [3.8, 4) is 0 Å². The molecule has 0 bridgehead atoms. The van der Waals surface area contributed by atoms with Gasteiger partial charge < -0.3 is 11.1 Å². The zero-order valence-corrected chi connectivity index (χ0v) is 12.0. The third kappa shape index (κ3) is 3.70. The van der Waals surface area contributed by atoms with E-state index >= 15 is 0 Å². The highest BCUT2D eigenvalue weighted by atomic mass is 79.9. The predicted molar refractivity (Wildman–Crippen MR) is 69.3 cm³/mol. The van der Waals surface area contributed by atoms with E-state index in [1.54, 1.807) is 31.2 Å². The predicted octanol–water partition coefficient (Wildman–Crippen LogP) is 2.91. The first-order chi connectivity index (χ1) is 8.55. The summed E-state index contributed by atoms with van der Waals surface area (Å²) in [5.74, 6) is -1.25. The molecule has 0 heterocycles. The molecule has 19 heavy (non-hydrogen) atoms. The Bertz CT molecular complexity index is 457. The van der Waals surface area contributed by atoms with Crippen molar-refractivity contribution >= 4 is 21.8 Å². The van der Waals surface area contributed by atoms with Crippen LogP contribution in [-0.2, 0) is 4.79 Å². The van der Waals surface area contributed by atoms with E-state index in [2.05, 4.69) is 21.2 Å². The second-order valence-electron chi connectivity index (χ2n) is 4.45. The molecule has 0 radical (unpaired) electrons. The summed E-state index contributed by atoms with van der Waals surface area (Å²) in [4.78, 5) is 11.6. The molecular weight excluding hydrogens is 325 g/mol. The van der Waals surface area contributed by atoms with Gasteiger partial charge in [0.2, 0.25) is 5.91 Å². The minimum atomic E-state index is -4.80. The average Bonchev–Trinajstić information content (AvgIpc) is 2.28. The van der Waals surface area contributed by atoms with Gasteiger partial charge in [-0.1, -0.05) is 28.1 Å². The zero-order valence-electron chi connectivity index (χ0n) is 10.4. The van der Waals surface area contributed by atoms with Crippen molar-refractivity contribution in [3.05, 3.63) is 34.3 Å². The third-order valence-electron chi connectivity index (χ3n) is 2.78. The van der Waals surface area contributed by atoms with Crippen LogP contribution in [-0.4, -0.2) is 17.6 Å². The number of rotatable bonds is 3. The van der Waals surface area contributed by atoms with E-state index in [1.807, 2.05) is 0 Å². The van der Waals surface area contributed by atoms with E-state index in [4.69, 9.17) is 5.73 Å². The monoisotopic (exact) mass is 338 g/mol. The summed E-state index contributed by atoms with van der Waals surface area (Å²) in [6.07, 6.45) is -4.80. The summed E-state index contributed by atoms with van der Waals surface area (Å²) < 4.78 is 38.6. The molecular formula is C12H14BrF3N2O. The number of alkyl halides is 3. The number of benzene rings is 1. The molecule has 2 atom stereocenters. The van der Waals surface area contributed by atoms with Gasteiger partial charge in [-0.3, -0.25) is 4.79 Å². The Balaban J connectivity index is 2.80. The molecule has 0 spiro atoms. The van der Waals surface area contributed by atoms with Crippen LogP contribution >= 0.6 is 15.9 Å². The maximum absolute atomic E-state index is 12.6. The number of amides is 1. The molecule has 1 aromatic carbocycles. The highest BCUT2D eigenvalue weighted by molar-refractivity contribution is 9.10. The van der Waals surface area contributed by atoms with Gasteiger partial charge in [-0.05, 0) is 31.5 Å². The minimum absolute atomic E-state index is 0.564. The lowest BCUT2D eigenvalue weighted by molar-refractivity contribution is -0.187. The SMILES string of the molecule is C[C@H](NC(=O)C(C)(N)C(F)(F)F)c1ccc(Br)cc1. The number of hydrogen-bond acceptors (Lipinski definition) is 2. The molecule has 0 saturated carbocycles. The molecule has 0 aliphatic carbocycles. The Kier molecular flexibility index (Phi) is 4.63. The van der Waals surface area contributed by atoms with Gasteiger partial charge in [0.15, 0.2) is 5.54 Å². The maximum Gasteiger partial charge on any atom is 0.415 e. The lowest BCUT2D eigenvalue weighted by Crippen LogP contribution is -2.61. The molecule has 0 aliphatic rings. The van der Waals surface area contributed by atoms with Gasteiger partial charge >= 0.3 is 6.18 Å². The Morgan fingerprint density at radius 1 is 1.32 bits per heavy atom. The summed E-state index contributed by atoms with van der Waals surface area (Å²) >= 11 is 3.25. The zero-order chi connectivity index (χ0) is 14.8. The topological polar surface area (TPSA) is 55.1 Å². The smallest absolute Gasteiger partial charge is 0.348 e. The van der Waals surface area contributed by atoms with Crippen molar-refractivity contribution in [3.63, 3.8) is 0 Å². The van der Waals surface area contributed by atoms with Crippen LogP contribution < -0.4 is 11.1 Å². The normalized spacial score (nSPS) is 16.6. The molecule has 7 heteroatoms. The lowest BCUT2D eigenvalue weighted by Gasteiger charge is -2.28. The second-order valence-corrected chi connectivity index (χ2v) is 5.36. The molecule has 0 aromatic heterocycles. The van der Waals surface area contributed by atoms with Crippen LogP contribution in [0.5, 0.6) is 0 Å².